The number of anilines is 1. The summed E-state index contributed by atoms with van der Waals surface area (Å²) in [5, 5.41) is 2.92. The topological polar surface area (TPSA) is 55.1 Å². The van der Waals surface area contributed by atoms with Gasteiger partial charge in [0.05, 0.1) is 18.0 Å². The number of hydrogen-bond acceptors (Lipinski definition) is 3. The first-order chi connectivity index (χ1) is 9.31. The van der Waals surface area contributed by atoms with Gasteiger partial charge in [-0.1, -0.05) is 38.7 Å². The molecule has 0 heterocycles. The van der Waals surface area contributed by atoms with E-state index in [2.05, 4.69) is 37.9 Å². The molecule has 0 atom stereocenters. The zero-order chi connectivity index (χ0) is 15.2. The first kappa shape index (κ1) is 16.6. The van der Waals surface area contributed by atoms with Crippen LogP contribution in [0.25, 0.3) is 0 Å². The molecule has 0 radical (unpaired) electrons. The summed E-state index contributed by atoms with van der Waals surface area (Å²) in [4.78, 5) is 12.0. The monoisotopic (exact) mass is 290 g/mol. The minimum absolute atomic E-state index is 0.00965. The molecule has 1 amide bonds. The summed E-state index contributed by atoms with van der Waals surface area (Å²) in [5.41, 5.74) is 8.06. The van der Waals surface area contributed by atoms with Crippen LogP contribution in [0.3, 0.4) is 0 Å². The molecule has 0 saturated carbocycles. The Kier molecular flexibility index (Phi) is 6.12. The van der Waals surface area contributed by atoms with Crippen LogP contribution in [-0.2, 0) is 4.79 Å². The second-order valence-corrected chi connectivity index (χ2v) is 7.31. The molecule has 0 unspecified atom stereocenters. The molecular weight excluding hydrogens is 268 g/mol. The average Bonchev–Trinajstić information content (AvgIpc) is 2.36. The van der Waals surface area contributed by atoms with Crippen LogP contribution in [-0.4, -0.2) is 23.0 Å². The Bertz CT molecular complexity index is 536. The molecule has 0 bridgehead atoms. The average molecular weight is 290 g/mol. The zero-order valence-corrected chi connectivity index (χ0v) is 13.4. The molecule has 1 rings (SSSR count). The SMILES string of the molecule is Cc1ccc(NC(=O)CSC(C)(C)C)c(C#CCN)c1. The van der Waals surface area contributed by atoms with Gasteiger partial charge < -0.3 is 11.1 Å². The maximum absolute atomic E-state index is 12.0. The van der Waals surface area contributed by atoms with E-state index in [1.807, 2.05) is 25.1 Å². The number of hydrogen-bond donors (Lipinski definition) is 2. The Hall–Kier alpha value is -1.44. The normalized spacial score (nSPS) is 10.7. The van der Waals surface area contributed by atoms with Gasteiger partial charge in [-0.25, -0.2) is 0 Å². The van der Waals surface area contributed by atoms with Gasteiger partial charge in [-0.2, -0.15) is 0 Å². The van der Waals surface area contributed by atoms with Crippen molar-refractivity contribution in [2.75, 3.05) is 17.6 Å². The molecule has 0 aliphatic rings. The summed E-state index contributed by atoms with van der Waals surface area (Å²) < 4.78 is 0.0762. The Morgan fingerprint density at radius 2 is 2.10 bits per heavy atom. The van der Waals surface area contributed by atoms with E-state index >= 15 is 0 Å². The highest BCUT2D eigenvalue weighted by molar-refractivity contribution is 8.01. The first-order valence-corrected chi connectivity index (χ1v) is 7.54. The Morgan fingerprint density at radius 1 is 1.40 bits per heavy atom. The number of amides is 1. The standard InChI is InChI=1S/C16H22N2OS/c1-12-7-8-14(13(10-12)6-5-9-17)18-15(19)11-20-16(2,3)4/h7-8,10H,9,11,17H2,1-4H3,(H,18,19). The third kappa shape index (κ3) is 6.14. The van der Waals surface area contributed by atoms with Gasteiger partial charge in [-0.15, -0.1) is 11.8 Å². The molecule has 1 aromatic carbocycles. The summed E-state index contributed by atoms with van der Waals surface area (Å²) in [5.74, 6) is 6.24. The second-order valence-electron chi connectivity index (χ2n) is 5.50. The Balaban J connectivity index is 2.79. The van der Waals surface area contributed by atoms with Crippen LogP contribution in [0.1, 0.15) is 31.9 Å². The Labute approximate surface area is 125 Å². The highest BCUT2D eigenvalue weighted by Crippen LogP contribution is 2.23. The number of benzene rings is 1. The van der Waals surface area contributed by atoms with Crippen LogP contribution in [0, 0.1) is 18.8 Å². The van der Waals surface area contributed by atoms with Crippen molar-refractivity contribution in [2.45, 2.75) is 32.4 Å². The minimum Gasteiger partial charge on any atom is -0.324 e. The largest absolute Gasteiger partial charge is 0.324 e. The number of nitrogens with two attached hydrogens (primary N) is 1. The lowest BCUT2D eigenvalue weighted by Crippen LogP contribution is -2.19. The van der Waals surface area contributed by atoms with Crippen molar-refractivity contribution in [1.82, 2.24) is 0 Å². The van der Waals surface area contributed by atoms with Gasteiger partial charge in [-0.05, 0) is 24.6 Å². The number of aryl methyl sites for hydroxylation is 1. The fourth-order valence-corrected chi connectivity index (χ4v) is 2.12. The smallest absolute Gasteiger partial charge is 0.234 e. The number of carbonyl (C=O) groups is 1. The highest BCUT2D eigenvalue weighted by Gasteiger charge is 2.14. The van der Waals surface area contributed by atoms with Crippen LogP contribution in [0.5, 0.6) is 0 Å². The van der Waals surface area contributed by atoms with Crippen molar-refractivity contribution < 1.29 is 4.79 Å². The quantitative estimate of drug-likeness (QED) is 0.842. The number of rotatable bonds is 3. The summed E-state index contributed by atoms with van der Waals surface area (Å²) in [7, 11) is 0. The maximum atomic E-state index is 12.0. The minimum atomic E-state index is -0.00965. The zero-order valence-electron chi connectivity index (χ0n) is 12.5. The molecule has 1 aromatic rings. The van der Waals surface area contributed by atoms with Crippen molar-refractivity contribution in [3.8, 4) is 11.8 Å². The lowest BCUT2D eigenvalue weighted by Gasteiger charge is -2.17. The van der Waals surface area contributed by atoms with Crippen molar-refractivity contribution in [3.05, 3.63) is 29.3 Å². The molecule has 3 N–H and O–H groups in total. The van der Waals surface area contributed by atoms with Gasteiger partial charge in [0.15, 0.2) is 0 Å². The van der Waals surface area contributed by atoms with E-state index in [-0.39, 0.29) is 10.7 Å². The number of carbonyl (C=O) groups excluding carboxylic acids is 1. The molecule has 108 valence electrons. The van der Waals surface area contributed by atoms with Gasteiger partial charge in [0, 0.05) is 10.3 Å². The van der Waals surface area contributed by atoms with Crippen LogP contribution < -0.4 is 11.1 Å². The van der Waals surface area contributed by atoms with E-state index in [1.165, 1.54) is 0 Å². The maximum Gasteiger partial charge on any atom is 0.234 e. The van der Waals surface area contributed by atoms with Crippen LogP contribution in [0.2, 0.25) is 0 Å². The molecule has 4 heteroatoms. The summed E-state index contributed by atoms with van der Waals surface area (Å²) in [6, 6.07) is 5.80. The second kappa shape index (κ2) is 7.37. The predicted molar refractivity (Wildman–Crippen MR) is 88.0 cm³/mol. The molecule has 0 saturated heterocycles. The van der Waals surface area contributed by atoms with E-state index in [9.17, 15) is 4.79 Å². The lowest BCUT2D eigenvalue weighted by atomic mass is 10.1. The van der Waals surface area contributed by atoms with E-state index in [4.69, 9.17) is 5.73 Å². The fraction of sp³-hybridized carbons (Fsp3) is 0.438. The van der Waals surface area contributed by atoms with E-state index in [0.717, 1.165) is 16.8 Å². The van der Waals surface area contributed by atoms with Gasteiger partial charge in [0.25, 0.3) is 0 Å². The molecule has 0 aliphatic heterocycles. The van der Waals surface area contributed by atoms with Crippen LogP contribution in [0.4, 0.5) is 5.69 Å². The number of nitrogens with one attached hydrogen (secondary N) is 1. The Morgan fingerprint density at radius 3 is 2.70 bits per heavy atom. The molecular formula is C16H22N2OS. The van der Waals surface area contributed by atoms with Gasteiger partial charge in [-0.3, -0.25) is 4.79 Å². The highest BCUT2D eigenvalue weighted by atomic mass is 32.2. The first-order valence-electron chi connectivity index (χ1n) is 6.55. The summed E-state index contributed by atoms with van der Waals surface area (Å²) in [6.45, 7) is 8.58. The van der Waals surface area contributed by atoms with Gasteiger partial charge >= 0.3 is 0 Å². The molecule has 3 nitrogen and oxygen atoms in total. The third-order valence-electron chi connectivity index (χ3n) is 2.41. The van der Waals surface area contributed by atoms with Crippen molar-refractivity contribution >= 4 is 23.4 Å². The molecule has 0 spiro atoms. The molecule has 0 aromatic heterocycles. The molecule has 0 fully saturated rings. The van der Waals surface area contributed by atoms with Gasteiger partial charge in [0.1, 0.15) is 0 Å². The van der Waals surface area contributed by atoms with Crippen LogP contribution in [0.15, 0.2) is 18.2 Å². The summed E-state index contributed by atoms with van der Waals surface area (Å²) >= 11 is 1.62. The molecule has 20 heavy (non-hydrogen) atoms. The van der Waals surface area contributed by atoms with E-state index in [0.29, 0.717) is 12.3 Å². The predicted octanol–water partition coefficient (Wildman–Crippen LogP) is 2.78. The fourth-order valence-electron chi connectivity index (χ4n) is 1.49. The van der Waals surface area contributed by atoms with E-state index in [1.54, 1.807) is 11.8 Å². The van der Waals surface area contributed by atoms with E-state index < -0.39 is 0 Å². The molecule has 0 aliphatic carbocycles. The summed E-state index contributed by atoms with van der Waals surface area (Å²) in [6.07, 6.45) is 0. The van der Waals surface area contributed by atoms with Crippen molar-refractivity contribution in [3.63, 3.8) is 0 Å². The number of thioether (sulfide) groups is 1. The van der Waals surface area contributed by atoms with Gasteiger partial charge in [0.2, 0.25) is 5.91 Å². The lowest BCUT2D eigenvalue weighted by molar-refractivity contribution is -0.113. The van der Waals surface area contributed by atoms with Crippen LogP contribution >= 0.6 is 11.8 Å². The van der Waals surface area contributed by atoms with Crippen molar-refractivity contribution in [1.29, 1.82) is 0 Å². The third-order valence-corrected chi connectivity index (χ3v) is 3.68. The van der Waals surface area contributed by atoms with Crippen molar-refractivity contribution in [2.24, 2.45) is 5.73 Å².